The molecule has 1 saturated heterocycles. The first kappa shape index (κ1) is 21.2. The summed E-state index contributed by atoms with van der Waals surface area (Å²) < 4.78 is 7.80. The second-order valence-corrected chi connectivity index (χ2v) is 8.32. The van der Waals surface area contributed by atoms with Crippen molar-refractivity contribution in [3.8, 4) is 11.6 Å². The Balaban J connectivity index is 1.38. The van der Waals surface area contributed by atoms with E-state index in [0.29, 0.717) is 35.3 Å². The molecule has 0 radical (unpaired) electrons. The molecule has 2 aromatic heterocycles. The number of carbonyl (C=O) groups excluding carboxylic acids is 1. The molecule has 1 amide bonds. The summed E-state index contributed by atoms with van der Waals surface area (Å²) in [4.78, 5) is 28.6. The summed E-state index contributed by atoms with van der Waals surface area (Å²) in [6.45, 7) is 1.26. The fourth-order valence-electron chi connectivity index (χ4n) is 4.11. The van der Waals surface area contributed by atoms with Crippen LogP contribution < -0.4 is 4.74 Å². The first-order chi connectivity index (χ1) is 16.2. The monoisotopic (exact) mass is 459 g/mol. The molecule has 8 heteroatoms. The number of benzene rings is 2. The van der Waals surface area contributed by atoms with Gasteiger partial charge in [-0.15, -0.1) is 0 Å². The Morgan fingerprint density at radius 1 is 1.09 bits per heavy atom. The molecule has 0 unspecified atom stereocenters. The molecule has 5 rings (SSSR count). The van der Waals surface area contributed by atoms with Crippen LogP contribution in [0.1, 0.15) is 40.5 Å². The Kier molecular flexibility index (Phi) is 6.04. The summed E-state index contributed by atoms with van der Waals surface area (Å²) in [6, 6.07) is 14.6. The van der Waals surface area contributed by atoms with Gasteiger partial charge in [-0.05, 0) is 48.7 Å². The van der Waals surface area contributed by atoms with Crippen LogP contribution in [0.2, 0.25) is 5.02 Å². The highest BCUT2D eigenvalue weighted by molar-refractivity contribution is 6.30. The van der Waals surface area contributed by atoms with Crippen LogP contribution in [-0.4, -0.2) is 36.9 Å². The van der Waals surface area contributed by atoms with Crippen LogP contribution in [0.5, 0.6) is 11.6 Å². The highest BCUT2D eigenvalue weighted by atomic mass is 35.5. The number of nitrogens with zero attached hydrogens (tertiary/aromatic N) is 5. The van der Waals surface area contributed by atoms with Crippen molar-refractivity contribution in [3.05, 3.63) is 101 Å². The van der Waals surface area contributed by atoms with Crippen LogP contribution in [0.3, 0.4) is 0 Å². The predicted octanol–water partition coefficient (Wildman–Crippen LogP) is 5.14. The van der Waals surface area contributed by atoms with Crippen molar-refractivity contribution >= 4 is 17.5 Å². The van der Waals surface area contributed by atoms with Crippen LogP contribution in [0.4, 0.5) is 0 Å². The van der Waals surface area contributed by atoms with Gasteiger partial charge in [-0.3, -0.25) is 9.78 Å². The SMILES string of the molecule is O=C(c1ccccc1Cn1ccnc1)N1CCC[C@H]1c1cncc(Oc2ccc(Cl)cc2)n1. The number of halogens is 1. The summed E-state index contributed by atoms with van der Waals surface area (Å²) in [5.41, 5.74) is 2.37. The summed E-state index contributed by atoms with van der Waals surface area (Å²) >= 11 is 5.95. The first-order valence-corrected chi connectivity index (χ1v) is 11.1. The van der Waals surface area contributed by atoms with Crippen molar-refractivity contribution in [2.75, 3.05) is 6.54 Å². The van der Waals surface area contributed by atoms with E-state index in [1.807, 2.05) is 39.9 Å². The van der Waals surface area contributed by atoms with Gasteiger partial charge in [0, 0.05) is 36.1 Å². The van der Waals surface area contributed by atoms with E-state index in [2.05, 4.69) is 15.0 Å². The van der Waals surface area contributed by atoms with E-state index in [1.54, 1.807) is 49.2 Å². The summed E-state index contributed by atoms with van der Waals surface area (Å²) in [7, 11) is 0. The zero-order valence-electron chi connectivity index (χ0n) is 17.8. The normalized spacial score (nSPS) is 15.5. The minimum atomic E-state index is -0.153. The van der Waals surface area contributed by atoms with Gasteiger partial charge in [-0.2, -0.15) is 0 Å². The minimum absolute atomic E-state index is 0.000891. The number of hydrogen-bond acceptors (Lipinski definition) is 5. The van der Waals surface area contributed by atoms with Gasteiger partial charge in [0.15, 0.2) is 0 Å². The quantitative estimate of drug-likeness (QED) is 0.399. The zero-order valence-corrected chi connectivity index (χ0v) is 18.6. The third-order valence-corrected chi connectivity index (χ3v) is 5.93. The van der Waals surface area contributed by atoms with E-state index < -0.39 is 0 Å². The lowest BCUT2D eigenvalue weighted by atomic mass is 10.0. The Bertz CT molecular complexity index is 1240. The lowest BCUT2D eigenvalue weighted by molar-refractivity contribution is 0.0731. The fourth-order valence-corrected chi connectivity index (χ4v) is 4.24. The van der Waals surface area contributed by atoms with Crippen LogP contribution >= 0.6 is 11.6 Å². The highest BCUT2D eigenvalue weighted by Gasteiger charge is 2.33. The number of amides is 1. The Labute approximate surface area is 196 Å². The molecule has 1 aliphatic heterocycles. The van der Waals surface area contributed by atoms with Gasteiger partial charge in [-0.1, -0.05) is 29.8 Å². The molecule has 1 aliphatic rings. The number of aromatic nitrogens is 4. The maximum atomic E-state index is 13.6. The van der Waals surface area contributed by atoms with E-state index in [4.69, 9.17) is 16.3 Å². The van der Waals surface area contributed by atoms with E-state index >= 15 is 0 Å². The standard InChI is InChI=1S/C25H22ClN5O2/c26-19-7-9-20(10-8-19)33-24-15-28-14-22(29-24)23-6-3-12-31(23)25(32)21-5-2-1-4-18(21)16-30-13-11-27-17-30/h1-2,4-5,7-11,13-15,17,23H,3,6,12,16H2/t23-/m0/s1. The minimum Gasteiger partial charge on any atom is -0.437 e. The second kappa shape index (κ2) is 9.42. The average molecular weight is 460 g/mol. The summed E-state index contributed by atoms with van der Waals surface area (Å²) in [5.74, 6) is 1.01. The summed E-state index contributed by atoms with van der Waals surface area (Å²) in [6.07, 6.45) is 10.4. The lowest BCUT2D eigenvalue weighted by Gasteiger charge is -2.25. The number of carbonyl (C=O) groups is 1. The smallest absolute Gasteiger partial charge is 0.254 e. The van der Waals surface area contributed by atoms with Crippen molar-refractivity contribution in [1.29, 1.82) is 0 Å². The molecule has 7 nitrogen and oxygen atoms in total. The maximum absolute atomic E-state index is 13.6. The van der Waals surface area contributed by atoms with Gasteiger partial charge >= 0.3 is 0 Å². The van der Waals surface area contributed by atoms with Gasteiger partial charge in [0.25, 0.3) is 5.91 Å². The van der Waals surface area contributed by atoms with Gasteiger partial charge in [0.1, 0.15) is 5.75 Å². The number of imidazole rings is 1. The molecule has 2 aromatic carbocycles. The van der Waals surface area contributed by atoms with Crippen molar-refractivity contribution < 1.29 is 9.53 Å². The van der Waals surface area contributed by atoms with Crippen molar-refractivity contribution in [2.45, 2.75) is 25.4 Å². The summed E-state index contributed by atoms with van der Waals surface area (Å²) in [5, 5.41) is 0.635. The molecule has 0 aliphatic carbocycles. The van der Waals surface area contributed by atoms with Crippen LogP contribution in [-0.2, 0) is 6.54 Å². The molecule has 0 N–H and O–H groups in total. The highest BCUT2D eigenvalue weighted by Crippen LogP contribution is 2.33. The van der Waals surface area contributed by atoms with Crippen molar-refractivity contribution in [1.82, 2.24) is 24.4 Å². The largest absolute Gasteiger partial charge is 0.437 e. The molecule has 0 saturated carbocycles. The molecule has 1 atom stereocenters. The Morgan fingerprint density at radius 2 is 1.94 bits per heavy atom. The molecule has 166 valence electrons. The Hall–Kier alpha value is -3.71. The fraction of sp³-hybridized carbons (Fsp3) is 0.200. The second-order valence-electron chi connectivity index (χ2n) is 7.89. The van der Waals surface area contributed by atoms with Gasteiger partial charge < -0.3 is 14.2 Å². The van der Waals surface area contributed by atoms with Gasteiger partial charge in [0.05, 0.1) is 30.5 Å². The number of rotatable bonds is 6. The van der Waals surface area contributed by atoms with Gasteiger partial charge in [-0.25, -0.2) is 9.97 Å². The molecular formula is C25H22ClN5O2. The molecule has 1 fully saturated rings. The molecule has 0 bridgehead atoms. The molecule has 3 heterocycles. The van der Waals surface area contributed by atoms with Crippen molar-refractivity contribution in [3.63, 3.8) is 0 Å². The molecule has 4 aromatic rings. The van der Waals surface area contributed by atoms with Crippen molar-refractivity contribution in [2.24, 2.45) is 0 Å². The van der Waals surface area contributed by atoms with Crippen LogP contribution in [0.15, 0.2) is 79.6 Å². The van der Waals surface area contributed by atoms with Crippen LogP contribution in [0.25, 0.3) is 0 Å². The number of ether oxygens (including phenoxy) is 1. The zero-order chi connectivity index (χ0) is 22.6. The van der Waals surface area contributed by atoms with E-state index in [-0.39, 0.29) is 11.9 Å². The maximum Gasteiger partial charge on any atom is 0.254 e. The topological polar surface area (TPSA) is 73.1 Å². The average Bonchev–Trinajstić information content (AvgIpc) is 3.53. The predicted molar refractivity (Wildman–Crippen MR) is 124 cm³/mol. The first-order valence-electron chi connectivity index (χ1n) is 10.8. The third kappa shape index (κ3) is 4.73. The molecule has 0 spiro atoms. The van der Waals surface area contributed by atoms with Crippen LogP contribution in [0, 0.1) is 0 Å². The van der Waals surface area contributed by atoms with E-state index in [0.717, 1.165) is 24.1 Å². The lowest BCUT2D eigenvalue weighted by Crippen LogP contribution is -2.32. The van der Waals surface area contributed by atoms with Gasteiger partial charge in [0.2, 0.25) is 5.88 Å². The molecule has 33 heavy (non-hydrogen) atoms. The number of likely N-dealkylation sites (tertiary alicyclic amines) is 1. The number of hydrogen-bond donors (Lipinski definition) is 0. The van der Waals surface area contributed by atoms with E-state index in [9.17, 15) is 4.79 Å². The molecular weight excluding hydrogens is 438 g/mol. The Morgan fingerprint density at radius 3 is 2.76 bits per heavy atom. The van der Waals surface area contributed by atoms with E-state index in [1.165, 1.54) is 0 Å². The third-order valence-electron chi connectivity index (χ3n) is 5.68.